The molecule has 0 spiro atoms. The highest BCUT2D eigenvalue weighted by molar-refractivity contribution is 9.09. The molecule has 0 amide bonds. The molecule has 1 saturated heterocycles. The number of aliphatic hydroxyl groups excluding tert-OH is 1. The van der Waals surface area contributed by atoms with E-state index in [-0.39, 0.29) is 0 Å². The van der Waals surface area contributed by atoms with Crippen LogP contribution < -0.4 is 0 Å². The summed E-state index contributed by atoms with van der Waals surface area (Å²) >= 11 is 3.58. The third-order valence-corrected chi connectivity index (χ3v) is 4.41. The van der Waals surface area contributed by atoms with Gasteiger partial charge in [0.05, 0.1) is 6.61 Å². The molecule has 2 unspecified atom stereocenters. The van der Waals surface area contributed by atoms with E-state index in [2.05, 4.69) is 27.8 Å². The number of aliphatic hydroxyl groups is 1. The zero-order valence-electron chi connectivity index (χ0n) is 9.79. The quantitative estimate of drug-likeness (QED) is 0.781. The average molecular weight is 278 g/mol. The Kier molecular flexibility index (Phi) is 6.86. The van der Waals surface area contributed by atoms with Crippen LogP contribution in [0.25, 0.3) is 0 Å². The molecular formula is C12H24BrNO. The molecule has 0 saturated carbocycles. The number of halogens is 1. The smallest absolute Gasteiger partial charge is 0.0586 e. The van der Waals surface area contributed by atoms with Gasteiger partial charge in [0.25, 0.3) is 0 Å². The van der Waals surface area contributed by atoms with E-state index in [1.54, 1.807) is 0 Å². The summed E-state index contributed by atoms with van der Waals surface area (Å²) in [6.07, 6.45) is 6.31. The lowest BCUT2D eigenvalue weighted by Gasteiger charge is -2.31. The predicted octanol–water partition coefficient (Wildman–Crippen LogP) is 2.64. The summed E-state index contributed by atoms with van der Waals surface area (Å²) in [7, 11) is 0. The summed E-state index contributed by atoms with van der Waals surface area (Å²) in [5.41, 5.74) is 0. The lowest BCUT2D eigenvalue weighted by Crippen LogP contribution is -2.40. The highest BCUT2D eigenvalue weighted by atomic mass is 79.9. The topological polar surface area (TPSA) is 23.5 Å². The first-order valence-corrected chi connectivity index (χ1v) is 7.34. The predicted molar refractivity (Wildman–Crippen MR) is 68.5 cm³/mol. The zero-order valence-corrected chi connectivity index (χ0v) is 11.4. The summed E-state index contributed by atoms with van der Waals surface area (Å²) in [6, 6.07) is 0.417. The van der Waals surface area contributed by atoms with E-state index in [0.717, 1.165) is 17.8 Å². The molecule has 90 valence electrons. The van der Waals surface area contributed by atoms with Gasteiger partial charge in [-0.05, 0) is 25.3 Å². The van der Waals surface area contributed by atoms with Gasteiger partial charge in [0.1, 0.15) is 0 Å². The van der Waals surface area contributed by atoms with Gasteiger partial charge in [0, 0.05) is 17.9 Å². The summed E-state index contributed by atoms with van der Waals surface area (Å²) in [5, 5.41) is 10.5. The minimum atomic E-state index is 0.332. The highest BCUT2D eigenvalue weighted by Crippen LogP contribution is 2.19. The monoisotopic (exact) mass is 277 g/mol. The van der Waals surface area contributed by atoms with E-state index in [4.69, 9.17) is 0 Å². The Hall–Kier alpha value is 0.400. The Morgan fingerprint density at radius 1 is 1.40 bits per heavy atom. The molecular weight excluding hydrogens is 254 g/mol. The number of hydrogen-bond acceptors (Lipinski definition) is 2. The van der Waals surface area contributed by atoms with Gasteiger partial charge >= 0.3 is 0 Å². The van der Waals surface area contributed by atoms with E-state index in [1.165, 1.54) is 38.6 Å². The molecule has 0 bridgehead atoms. The summed E-state index contributed by atoms with van der Waals surface area (Å²) < 4.78 is 0. The molecule has 0 aromatic carbocycles. The van der Waals surface area contributed by atoms with E-state index in [9.17, 15) is 5.11 Å². The van der Waals surface area contributed by atoms with Crippen molar-refractivity contribution in [1.82, 2.24) is 4.90 Å². The molecule has 0 aromatic rings. The van der Waals surface area contributed by atoms with Gasteiger partial charge < -0.3 is 5.11 Å². The molecule has 15 heavy (non-hydrogen) atoms. The van der Waals surface area contributed by atoms with Crippen LogP contribution in [0.4, 0.5) is 0 Å². The van der Waals surface area contributed by atoms with Gasteiger partial charge in [0.15, 0.2) is 0 Å². The molecule has 0 radical (unpaired) electrons. The second-order valence-corrected chi connectivity index (χ2v) is 5.26. The van der Waals surface area contributed by atoms with Crippen LogP contribution in [0.2, 0.25) is 0 Å². The van der Waals surface area contributed by atoms with Crippen molar-refractivity contribution in [2.24, 2.45) is 5.92 Å². The van der Waals surface area contributed by atoms with Crippen molar-refractivity contribution >= 4 is 15.9 Å². The molecule has 3 heteroatoms. The first-order chi connectivity index (χ1) is 7.31. The third kappa shape index (κ3) is 4.41. The lowest BCUT2D eigenvalue weighted by atomic mass is 10.1. The maximum atomic E-state index is 9.39. The Balaban J connectivity index is 2.46. The van der Waals surface area contributed by atoms with Crippen LogP contribution in [-0.2, 0) is 0 Å². The normalized spacial score (nSPS) is 26.2. The van der Waals surface area contributed by atoms with E-state index < -0.39 is 0 Å². The average Bonchev–Trinajstić information content (AvgIpc) is 2.50. The molecule has 0 aliphatic carbocycles. The van der Waals surface area contributed by atoms with Crippen LogP contribution in [0.15, 0.2) is 0 Å². The zero-order chi connectivity index (χ0) is 11.1. The fourth-order valence-electron chi connectivity index (χ4n) is 2.30. The lowest BCUT2D eigenvalue weighted by molar-refractivity contribution is 0.111. The van der Waals surface area contributed by atoms with Crippen molar-refractivity contribution in [3.8, 4) is 0 Å². The van der Waals surface area contributed by atoms with E-state index in [1.807, 2.05) is 0 Å². The van der Waals surface area contributed by atoms with Crippen LogP contribution in [0.3, 0.4) is 0 Å². The number of rotatable bonds is 5. The maximum absolute atomic E-state index is 9.39. The van der Waals surface area contributed by atoms with E-state index in [0.29, 0.717) is 12.6 Å². The first-order valence-electron chi connectivity index (χ1n) is 6.22. The van der Waals surface area contributed by atoms with Crippen molar-refractivity contribution in [2.75, 3.05) is 25.0 Å². The Morgan fingerprint density at radius 3 is 2.80 bits per heavy atom. The van der Waals surface area contributed by atoms with Crippen LogP contribution >= 0.6 is 15.9 Å². The highest BCUT2D eigenvalue weighted by Gasteiger charge is 2.22. The van der Waals surface area contributed by atoms with Gasteiger partial charge in [0.2, 0.25) is 0 Å². The molecule has 2 nitrogen and oxygen atoms in total. The minimum absolute atomic E-state index is 0.332. The molecule has 1 aliphatic rings. The van der Waals surface area contributed by atoms with Gasteiger partial charge in [-0.2, -0.15) is 0 Å². The number of alkyl halides is 1. The van der Waals surface area contributed by atoms with Crippen molar-refractivity contribution in [3.63, 3.8) is 0 Å². The Labute approximate surface area is 102 Å². The van der Waals surface area contributed by atoms with Crippen molar-refractivity contribution in [3.05, 3.63) is 0 Å². The fraction of sp³-hybridized carbons (Fsp3) is 1.00. The van der Waals surface area contributed by atoms with Gasteiger partial charge in [-0.25, -0.2) is 0 Å². The van der Waals surface area contributed by atoms with Crippen molar-refractivity contribution in [1.29, 1.82) is 0 Å². The second kappa shape index (κ2) is 7.64. The third-order valence-electron chi connectivity index (χ3n) is 3.50. The SMILES string of the molecule is CCC(CBr)CN1CCCCCC1CO. The minimum Gasteiger partial charge on any atom is -0.395 e. The standard InChI is InChI=1S/C12H24BrNO/c1-2-11(8-13)9-14-7-5-3-4-6-12(14)10-15/h11-12,15H,2-10H2,1H3. The molecule has 1 aliphatic heterocycles. The molecule has 1 heterocycles. The molecule has 0 aromatic heterocycles. The van der Waals surface area contributed by atoms with E-state index >= 15 is 0 Å². The van der Waals surface area contributed by atoms with Crippen molar-refractivity contribution in [2.45, 2.75) is 45.1 Å². The number of likely N-dealkylation sites (tertiary alicyclic amines) is 1. The Bertz CT molecular complexity index is 162. The summed E-state index contributed by atoms with van der Waals surface area (Å²) in [4.78, 5) is 2.50. The van der Waals surface area contributed by atoms with Gasteiger partial charge in [-0.3, -0.25) is 4.90 Å². The van der Waals surface area contributed by atoms with Gasteiger partial charge in [-0.1, -0.05) is 42.1 Å². The summed E-state index contributed by atoms with van der Waals surface area (Å²) in [6.45, 7) is 4.90. The van der Waals surface area contributed by atoms with Crippen molar-refractivity contribution < 1.29 is 5.11 Å². The molecule has 2 atom stereocenters. The number of hydrogen-bond donors (Lipinski definition) is 1. The maximum Gasteiger partial charge on any atom is 0.0586 e. The first kappa shape index (κ1) is 13.5. The fourth-order valence-corrected chi connectivity index (χ4v) is 2.97. The summed E-state index contributed by atoms with van der Waals surface area (Å²) in [5.74, 6) is 0.733. The van der Waals surface area contributed by atoms with Gasteiger partial charge in [-0.15, -0.1) is 0 Å². The van der Waals surface area contributed by atoms with Crippen LogP contribution in [0.1, 0.15) is 39.0 Å². The van der Waals surface area contributed by atoms with Crippen LogP contribution in [0, 0.1) is 5.92 Å². The second-order valence-electron chi connectivity index (χ2n) is 4.61. The van der Waals surface area contributed by atoms with Crippen LogP contribution in [0.5, 0.6) is 0 Å². The largest absolute Gasteiger partial charge is 0.395 e. The number of nitrogens with zero attached hydrogens (tertiary/aromatic N) is 1. The Morgan fingerprint density at radius 2 is 2.20 bits per heavy atom. The molecule has 1 fully saturated rings. The molecule has 1 N–H and O–H groups in total. The molecule has 1 rings (SSSR count). The van der Waals surface area contributed by atoms with Crippen LogP contribution in [-0.4, -0.2) is 41.1 Å².